The first-order valence-corrected chi connectivity index (χ1v) is 8.36. The van der Waals surface area contributed by atoms with Gasteiger partial charge in [0.25, 0.3) is 0 Å². The standard InChI is InChI=1S/C20H27NO/c1-5-21(6-2)19-11-7-16(8-12-19)14-18-10-9-17(20(18)22)13-15(3)4/h7-8,11-15H,5-6,9-10H2,1-4H3. The molecule has 0 aromatic heterocycles. The molecule has 1 aliphatic rings. The maximum atomic E-state index is 12.4. The van der Waals surface area contributed by atoms with E-state index in [0.29, 0.717) is 5.92 Å². The molecule has 1 aromatic rings. The van der Waals surface area contributed by atoms with Gasteiger partial charge >= 0.3 is 0 Å². The summed E-state index contributed by atoms with van der Waals surface area (Å²) in [5, 5.41) is 0. The van der Waals surface area contributed by atoms with Crippen LogP contribution in [0.4, 0.5) is 5.69 Å². The van der Waals surface area contributed by atoms with E-state index >= 15 is 0 Å². The van der Waals surface area contributed by atoms with E-state index in [9.17, 15) is 4.79 Å². The molecule has 0 amide bonds. The van der Waals surface area contributed by atoms with Crippen LogP contribution in [0.15, 0.2) is 41.5 Å². The van der Waals surface area contributed by atoms with Crippen molar-refractivity contribution < 1.29 is 4.79 Å². The first-order valence-electron chi connectivity index (χ1n) is 8.36. The summed E-state index contributed by atoms with van der Waals surface area (Å²) in [6, 6.07) is 8.50. The lowest BCUT2D eigenvalue weighted by atomic mass is 10.1. The Morgan fingerprint density at radius 2 is 1.64 bits per heavy atom. The lowest BCUT2D eigenvalue weighted by Crippen LogP contribution is -2.21. The highest BCUT2D eigenvalue weighted by atomic mass is 16.1. The summed E-state index contributed by atoms with van der Waals surface area (Å²) in [7, 11) is 0. The summed E-state index contributed by atoms with van der Waals surface area (Å²) in [5.41, 5.74) is 4.29. The van der Waals surface area contributed by atoms with Gasteiger partial charge in [0.2, 0.25) is 0 Å². The number of benzene rings is 1. The SMILES string of the molecule is CCN(CC)c1ccc(C=C2CCC(=CC(C)C)C2=O)cc1. The van der Waals surface area contributed by atoms with E-state index in [1.54, 1.807) is 0 Å². The van der Waals surface area contributed by atoms with Crippen LogP contribution in [-0.2, 0) is 4.79 Å². The molecule has 2 rings (SSSR count). The third-order valence-corrected chi connectivity index (χ3v) is 4.14. The molecule has 1 aromatic carbocycles. The molecule has 1 fully saturated rings. The summed E-state index contributed by atoms with van der Waals surface area (Å²) in [4.78, 5) is 14.7. The molecule has 22 heavy (non-hydrogen) atoms. The van der Waals surface area contributed by atoms with Crippen molar-refractivity contribution in [3.05, 3.63) is 47.1 Å². The minimum atomic E-state index is 0.238. The van der Waals surface area contributed by atoms with Crippen molar-refractivity contribution in [3.8, 4) is 0 Å². The first kappa shape index (κ1) is 16.5. The molecule has 0 radical (unpaired) electrons. The van der Waals surface area contributed by atoms with Gasteiger partial charge in [-0.1, -0.05) is 32.1 Å². The zero-order valence-corrected chi connectivity index (χ0v) is 14.2. The Bertz CT molecular complexity index is 574. The Kier molecular flexibility index (Phi) is 5.59. The van der Waals surface area contributed by atoms with E-state index in [1.807, 2.05) is 0 Å². The molecule has 0 heterocycles. The van der Waals surface area contributed by atoms with Crippen LogP contribution in [0.25, 0.3) is 6.08 Å². The van der Waals surface area contributed by atoms with E-state index in [2.05, 4.69) is 69.0 Å². The van der Waals surface area contributed by atoms with Crippen LogP contribution in [0.1, 0.15) is 46.1 Å². The van der Waals surface area contributed by atoms with Gasteiger partial charge in [-0.15, -0.1) is 0 Å². The smallest absolute Gasteiger partial charge is 0.184 e. The number of anilines is 1. The number of Topliss-reactive ketones (excluding diaryl/α,β-unsaturated/α-hetero) is 1. The molecule has 0 spiro atoms. The van der Waals surface area contributed by atoms with Gasteiger partial charge in [0.05, 0.1) is 0 Å². The van der Waals surface area contributed by atoms with Crippen LogP contribution in [0.3, 0.4) is 0 Å². The molecule has 0 saturated heterocycles. The molecule has 2 heteroatoms. The summed E-state index contributed by atoms with van der Waals surface area (Å²) >= 11 is 0. The Morgan fingerprint density at radius 3 is 2.18 bits per heavy atom. The summed E-state index contributed by atoms with van der Waals surface area (Å²) in [6.07, 6.45) is 5.91. The van der Waals surface area contributed by atoms with Crippen LogP contribution in [0.5, 0.6) is 0 Å². The van der Waals surface area contributed by atoms with Crippen molar-refractivity contribution in [2.45, 2.75) is 40.5 Å². The minimum Gasteiger partial charge on any atom is -0.372 e. The maximum Gasteiger partial charge on any atom is 0.184 e. The monoisotopic (exact) mass is 297 g/mol. The average Bonchev–Trinajstić information content (AvgIpc) is 2.83. The van der Waals surface area contributed by atoms with Crippen LogP contribution < -0.4 is 4.90 Å². The second-order valence-electron chi connectivity index (χ2n) is 6.20. The zero-order chi connectivity index (χ0) is 16.1. The van der Waals surface area contributed by atoms with Gasteiger partial charge < -0.3 is 4.90 Å². The predicted molar refractivity (Wildman–Crippen MR) is 95.1 cm³/mol. The Morgan fingerprint density at radius 1 is 1.05 bits per heavy atom. The maximum absolute atomic E-state index is 12.4. The van der Waals surface area contributed by atoms with E-state index in [-0.39, 0.29) is 5.78 Å². The largest absolute Gasteiger partial charge is 0.372 e. The third-order valence-electron chi connectivity index (χ3n) is 4.14. The number of nitrogens with zero attached hydrogens (tertiary/aromatic N) is 1. The molecular formula is C20H27NO. The lowest BCUT2D eigenvalue weighted by Gasteiger charge is -2.20. The second-order valence-corrected chi connectivity index (χ2v) is 6.20. The molecule has 0 bridgehead atoms. The fourth-order valence-electron chi connectivity index (χ4n) is 2.97. The van der Waals surface area contributed by atoms with Crippen molar-refractivity contribution in [2.75, 3.05) is 18.0 Å². The highest BCUT2D eigenvalue weighted by Gasteiger charge is 2.22. The predicted octanol–water partition coefficient (Wildman–Crippen LogP) is 4.86. The molecule has 2 nitrogen and oxygen atoms in total. The van der Waals surface area contributed by atoms with Crippen LogP contribution in [-0.4, -0.2) is 18.9 Å². The van der Waals surface area contributed by atoms with Gasteiger partial charge in [0, 0.05) is 24.4 Å². The Labute approximate surface area is 134 Å². The van der Waals surface area contributed by atoms with Crippen LogP contribution >= 0.6 is 0 Å². The second kappa shape index (κ2) is 7.44. The molecule has 0 aliphatic heterocycles. The van der Waals surface area contributed by atoms with E-state index in [0.717, 1.165) is 42.6 Å². The van der Waals surface area contributed by atoms with Crippen molar-refractivity contribution in [1.82, 2.24) is 0 Å². The number of carbonyl (C=O) groups excluding carboxylic acids is 1. The molecule has 1 aliphatic carbocycles. The molecule has 1 saturated carbocycles. The van der Waals surface area contributed by atoms with E-state index < -0.39 is 0 Å². The van der Waals surface area contributed by atoms with Gasteiger partial charge in [-0.05, 0) is 62.0 Å². The molecule has 0 atom stereocenters. The molecule has 118 valence electrons. The highest BCUT2D eigenvalue weighted by Crippen LogP contribution is 2.29. The minimum absolute atomic E-state index is 0.238. The van der Waals surface area contributed by atoms with Crippen LogP contribution in [0.2, 0.25) is 0 Å². The topological polar surface area (TPSA) is 20.3 Å². The van der Waals surface area contributed by atoms with E-state index in [4.69, 9.17) is 0 Å². The van der Waals surface area contributed by atoms with Crippen molar-refractivity contribution >= 4 is 17.5 Å². The van der Waals surface area contributed by atoms with Crippen molar-refractivity contribution in [2.24, 2.45) is 5.92 Å². The fourth-order valence-corrected chi connectivity index (χ4v) is 2.97. The average molecular weight is 297 g/mol. The summed E-state index contributed by atoms with van der Waals surface area (Å²) in [6.45, 7) is 10.6. The summed E-state index contributed by atoms with van der Waals surface area (Å²) < 4.78 is 0. The zero-order valence-electron chi connectivity index (χ0n) is 14.2. The number of rotatable bonds is 5. The number of ketones is 1. The quantitative estimate of drug-likeness (QED) is 0.723. The Hall–Kier alpha value is -1.83. The number of allylic oxidation sites excluding steroid dienone is 3. The van der Waals surface area contributed by atoms with Gasteiger partial charge in [-0.2, -0.15) is 0 Å². The third kappa shape index (κ3) is 3.88. The molecular weight excluding hydrogens is 270 g/mol. The van der Waals surface area contributed by atoms with Gasteiger partial charge in [-0.25, -0.2) is 0 Å². The lowest BCUT2D eigenvalue weighted by molar-refractivity contribution is -0.111. The Balaban J connectivity index is 2.15. The van der Waals surface area contributed by atoms with Gasteiger partial charge in [0.15, 0.2) is 5.78 Å². The highest BCUT2D eigenvalue weighted by molar-refractivity contribution is 6.13. The number of hydrogen-bond donors (Lipinski definition) is 0. The number of hydrogen-bond acceptors (Lipinski definition) is 2. The van der Waals surface area contributed by atoms with Crippen LogP contribution in [0, 0.1) is 5.92 Å². The summed E-state index contributed by atoms with van der Waals surface area (Å²) in [5.74, 6) is 0.674. The normalized spacial score (nSPS) is 18.7. The van der Waals surface area contributed by atoms with E-state index in [1.165, 1.54) is 5.69 Å². The molecule has 0 unspecified atom stereocenters. The molecule has 0 N–H and O–H groups in total. The van der Waals surface area contributed by atoms with Gasteiger partial charge in [0.1, 0.15) is 0 Å². The first-order chi connectivity index (χ1) is 10.5. The van der Waals surface area contributed by atoms with Crippen molar-refractivity contribution in [3.63, 3.8) is 0 Å². The van der Waals surface area contributed by atoms with Crippen molar-refractivity contribution in [1.29, 1.82) is 0 Å². The fraction of sp³-hybridized carbons (Fsp3) is 0.450. The number of carbonyl (C=O) groups is 1. The van der Waals surface area contributed by atoms with Gasteiger partial charge in [-0.3, -0.25) is 4.79 Å².